The van der Waals surface area contributed by atoms with Crippen molar-refractivity contribution >= 4 is 63.8 Å². The molecule has 9 heteroatoms. The van der Waals surface area contributed by atoms with Gasteiger partial charge in [-0.2, -0.15) is 0 Å². The van der Waals surface area contributed by atoms with Gasteiger partial charge in [0, 0.05) is 5.02 Å². The molecule has 1 saturated heterocycles. The summed E-state index contributed by atoms with van der Waals surface area (Å²) in [7, 11) is 0. The molecule has 0 aromatic heterocycles. The molecule has 1 aliphatic heterocycles. The molecule has 3 amide bonds. The molecule has 138 valence electrons. The van der Waals surface area contributed by atoms with Crippen LogP contribution in [0.25, 0.3) is 6.08 Å². The third kappa shape index (κ3) is 5.26. The molecule has 27 heavy (non-hydrogen) atoms. The zero-order valence-corrected chi connectivity index (χ0v) is 16.0. The summed E-state index contributed by atoms with van der Waals surface area (Å²) in [5.74, 6) is -0.306. The van der Waals surface area contributed by atoms with E-state index in [0.717, 1.165) is 17.3 Å². The van der Waals surface area contributed by atoms with Crippen molar-refractivity contribution in [3.8, 4) is 5.75 Å². The highest BCUT2D eigenvalue weighted by Crippen LogP contribution is 2.27. The Morgan fingerprint density at radius 2 is 1.89 bits per heavy atom. The van der Waals surface area contributed by atoms with E-state index in [4.69, 9.17) is 27.9 Å². The molecule has 0 radical (unpaired) electrons. The van der Waals surface area contributed by atoms with Crippen LogP contribution in [0.2, 0.25) is 10.0 Å². The summed E-state index contributed by atoms with van der Waals surface area (Å²) in [6, 6.07) is 11.5. The predicted molar refractivity (Wildman–Crippen MR) is 106 cm³/mol. The van der Waals surface area contributed by atoms with Crippen molar-refractivity contribution < 1.29 is 19.1 Å². The highest BCUT2D eigenvalue weighted by molar-refractivity contribution is 8.18. The van der Waals surface area contributed by atoms with Gasteiger partial charge in [-0.15, -0.1) is 0 Å². The first-order chi connectivity index (χ1) is 12.9. The van der Waals surface area contributed by atoms with E-state index in [1.165, 1.54) is 6.07 Å². The molecule has 0 saturated carbocycles. The smallest absolute Gasteiger partial charge is 0.290 e. The lowest BCUT2D eigenvalue weighted by molar-refractivity contribution is -0.118. The third-order valence-corrected chi connectivity index (χ3v) is 4.75. The van der Waals surface area contributed by atoms with Crippen LogP contribution in [0, 0.1) is 0 Å². The lowest BCUT2D eigenvalue weighted by atomic mass is 10.2. The van der Waals surface area contributed by atoms with Gasteiger partial charge in [-0.3, -0.25) is 19.7 Å². The number of thioether (sulfide) groups is 1. The molecule has 2 N–H and O–H groups in total. The summed E-state index contributed by atoms with van der Waals surface area (Å²) in [6.07, 6.45) is 1.60. The molecule has 0 spiro atoms. The van der Waals surface area contributed by atoms with Gasteiger partial charge in [0.1, 0.15) is 5.75 Å². The standard InChI is InChI=1S/C18H12Cl2N2O4S/c19-11-3-6-14(13(20)8-11)21-16(23)9-26-12-4-1-10(2-5-12)7-15-17(24)22-18(25)27-15/h1-8H,9H2,(H,21,23)(H,22,24,25)/b15-7-. The summed E-state index contributed by atoms with van der Waals surface area (Å²) in [6.45, 7) is -0.202. The van der Waals surface area contributed by atoms with E-state index < -0.39 is 11.1 Å². The zero-order chi connectivity index (χ0) is 19.4. The Labute approximate surface area is 168 Å². The lowest BCUT2D eigenvalue weighted by Crippen LogP contribution is -2.20. The van der Waals surface area contributed by atoms with Gasteiger partial charge in [-0.1, -0.05) is 35.3 Å². The number of hydrogen-bond acceptors (Lipinski definition) is 5. The number of ether oxygens (including phenoxy) is 1. The maximum absolute atomic E-state index is 12.0. The molecular formula is C18H12Cl2N2O4S. The van der Waals surface area contributed by atoms with Crippen LogP contribution in [0.3, 0.4) is 0 Å². The number of amides is 3. The molecule has 1 fully saturated rings. The summed E-state index contributed by atoms with van der Waals surface area (Å²) in [5, 5.41) is 5.24. The van der Waals surface area contributed by atoms with Gasteiger partial charge >= 0.3 is 0 Å². The first kappa shape index (κ1) is 19.3. The van der Waals surface area contributed by atoms with Gasteiger partial charge in [0.05, 0.1) is 15.6 Å². The molecule has 0 atom stereocenters. The number of anilines is 1. The van der Waals surface area contributed by atoms with Crippen LogP contribution in [-0.2, 0) is 9.59 Å². The highest BCUT2D eigenvalue weighted by Gasteiger charge is 2.24. The van der Waals surface area contributed by atoms with Crippen LogP contribution < -0.4 is 15.4 Å². The fourth-order valence-electron chi connectivity index (χ4n) is 2.16. The molecule has 3 rings (SSSR count). The van der Waals surface area contributed by atoms with E-state index >= 15 is 0 Å². The monoisotopic (exact) mass is 422 g/mol. The maximum atomic E-state index is 12.0. The molecule has 1 heterocycles. The van der Waals surface area contributed by atoms with Crippen LogP contribution in [0.15, 0.2) is 47.4 Å². The second-order valence-electron chi connectivity index (χ2n) is 5.38. The lowest BCUT2D eigenvalue weighted by Gasteiger charge is -2.09. The molecule has 0 unspecified atom stereocenters. The fraction of sp³-hybridized carbons (Fsp3) is 0.0556. The number of carbonyl (C=O) groups excluding carboxylic acids is 3. The number of carbonyl (C=O) groups is 3. The number of imide groups is 1. The quantitative estimate of drug-likeness (QED) is 0.700. The number of benzene rings is 2. The Morgan fingerprint density at radius 1 is 1.15 bits per heavy atom. The van der Waals surface area contributed by atoms with Gasteiger partial charge in [-0.05, 0) is 53.7 Å². The number of nitrogens with one attached hydrogen (secondary N) is 2. The van der Waals surface area contributed by atoms with E-state index in [2.05, 4.69) is 10.6 Å². The molecular weight excluding hydrogens is 411 g/mol. The molecule has 2 aromatic rings. The Bertz CT molecular complexity index is 945. The minimum Gasteiger partial charge on any atom is -0.484 e. The van der Waals surface area contributed by atoms with Crippen molar-refractivity contribution in [3.63, 3.8) is 0 Å². The third-order valence-electron chi connectivity index (χ3n) is 3.40. The average molecular weight is 423 g/mol. The summed E-state index contributed by atoms with van der Waals surface area (Å²) in [4.78, 5) is 35.0. The fourth-order valence-corrected chi connectivity index (χ4v) is 3.30. The van der Waals surface area contributed by atoms with Crippen molar-refractivity contribution in [2.45, 2.75) is 0 Å². The van der Waals surface area contributed by atoms with Crippen molar-refractivity contribution in [2.75, 3.05) is 11.9 Å². The van der Waals surface area contributed by atoms with E-state index in [1.54, 1.807) is 42.5 Å². The van der Waals surface area contributed by atoms with Crippen LogP contribution in [-0.4, -0.2) is 23.7 Å². The second kappa shape index (κ2) is 8.47. The van der Waals surface area contributed by atoms with Gasteiger partial charge in [0.15, 0.2) is 6.61 Å². The van der Waals surface area contributed by atoms with Crippen molar-refractivity contribution in [1.82, 2.24) is 5.32 Å². The molecule has 6 nitrogen and oxygen atoms in total. The van der Waals surface area contributed by atoms with E-state index in [-0.39, 0.29) is 12.5 Å². The first-order valence-electron chi connectivity index (χ1n) is 7.63. The van der Waals surface area contributed by atoms with Gasteiger partial charge in [0.25, 0.3) is 17.1 Å². The van der Waals surface area contributed by atoms with Crippen LogP contribution >= 0.6 is 35.0 Å². The largest absolute Gasteiger partial charge is 0.484 e. The zero-order valence-electron chi connectivity index (χ0n) is 13.6. The van der Waals surface area contributed by atoms with Crippen LogP contribution in [0.4, 0.5) is 10.5 Å². The second-order valence-corrected chi connectivity index (χ2v) is 7.24. The first-order valence-corrected chi connectivity index (χ1v) is 9.20. The van der Waals surface area contributed by atoms with Gasteiger partial charge < -0.3 is 10.1 Å². The van der Waals surface area contributed by atoms with E-state index in [9.17, 15) is 14.4 Å². The Hall–Kier alpha value is -2.48. The number of hydrogen-bond donors (Lipinski definition) is 2. The Kier molecular flexibility index (Phi) is 6.05. The normalized spacial score (nSPS) is 15.0. The Morgan fingerprint density at radius 3 is 2.52 bits per heavy atom. The minimum absolute atomic E-state index is 0.202. The van der Waals surface area contributed by atoms with E-state index in [1.807, 2.05) is 0 Å². The van der Waals surface area contributed by atoms with Crippen molar-refractivity contribution in [2.24, 2.45) is 0 Å². The molecule has 1 aliphatic rings. The van der Waals surface area contributed by atoms with Crippen molar-refractivity contribution in [1.29, 1.82) is 0 Å². The topological polar surface area (TPSA) is 84.5 Å². The minimum atomic E-state index is -0.414. The van der Waals surface area contributed by atoms with Crippen LogP contribution in [0.5, 0.6) is 5.75 Å². The maximum Gasteiger partial charge on any atom is 0.290 e. The van der Waals surface area contributed by atoms with Crippen molar-refractivity contribution in [3.05, 3.63) is 63.0 Å². The molecule has 2 aromatic carbocycles. The highest BCUT2D eigenvalue weighted by atomic mass is 35.5. The SMILES string of the molecule is O=C(COc1ccc(/C=C2\SC(=O)NC2=O)cc1)Nc1ccc(Cl)cc1Cl. The summed E-state index contributed by atoms with van der Waals surface area (Å²) >= 11 is 12.7. The summed E-state index contributed by atoms with van der Waals surface area (Å²) < 4.78 is 5.43. The predicted octanol–water partition coefficient (Wildman–Crippen LogP) is 4.33. The van der Waals surface area contributed by atoms with E-state index in [0.29, 0.717) is 26.4 Å². The number of rotatable bonds is 5. The molecule has 0 bridgehead atoms. The number of halogens is 2. The van der Waals surface area contributed by atoms with Gasteiger partial charge in [0.2, 0.25) is 0 Å². The Balaban J connectivity index is 1.55. The van der Waals surface area contributed by atoms with Gasteiger partial charge in [-0.25, -0.2) is 0 Å². The summed E-state index contributed by atoms with van der Waals surface area (Å²) in [5.41, 5.74) is 1.17. The average Bonchev–Trinajstić information content (AvgIpc) is 2.94. The van der Waals surface area contributed by atoms with Crippen LogP contribution in [0.1, 0.15) is 5.56 Å². The molecule has 0 aliphatic carbocycles.